The van der Waals surface area contributed by atoms with Gasteiger partial charge in [-0.1, -0.05) is 19.4 Å². The Hall–Kier alpha value is -1.41. The van der Waals surface area contributed by atoms with Gasteiger partial charge in [-0.2, -0.15) is 8.78 Å². The molecule has 0 atom stereocenters. The molecule has 3 rings (SSSR count). The van der Waals surface area contributed by atoms with Gasteiger partial charge >= 0.3 is 6.61 Å². The molecule has 0 unspecified atom stereocenters. The standard InChI is InChI=1S/C22H29F5O3/c1-2-3-15-12-28-20(29-13-15)16-5-7-17(8-6-16)22(26,27)11-14-4-9-19(18(23)10-14)30-21(24)25/h4,9-10,15-17,20-21H,2-3,5-8,11-13H2,1H3. The van der Waals surface area contributed by atoms with Gasteiger partial charge in [0.2, 0.25) is 0 Å². The SMILES string of the molecule is CCCC1COC(C2CCC(C(F)(F)Cc3ccc(OC(F)F)c(F)c3)CC2)OC1. The molecule has 1 saturated carbocycles. The van der Waals surface area contributed by atoms with Gasteiger partial charge in [-0.15, -0.1) is 0 Å². The molecule has 8 heteroatoms. The summed E-state index contributed by atoms with van der Waals surface area (Å²) in [4.78, 5) is 0. The number of hydrogen-bond acceptors (Lipinski definition) is 3. The normalized spacial score (nSPS) is 28.0. The lowest BCUT2D eigenvalue weighted by molar-refractivity contribution is -0.232. The van der Waals surface area contributed by atoms with E-state index in [0.717, 1.165) is 25.0 Å². The summed E-state index contributed by atoms with van der Waals surface area (Å²) in [7, 11) is 0. The zero-order chi connectivity index (χ0) is 21.7. The number of benzene rings is 1. The van der Waals surface area contributed by atoms with Crippen LogP contribution < -0.4 is 4.74 Å². The molecule has 1 aliphatic carbocycles. The second-order valence-electron chi connectivity index (χ2n) is 8.38. The minimum absolute atomic E-state index is 0.0575. The van der Waals surface area contributed by atoms with Crippen molar-refractivity contribution in [1.82, 2.24) is 0 Å². The van der Waals surface area contributed by atoms with E-state index in [9.17, 15) is 22.0 Å². The van der Waals surface area contributed by atoms with Gasteiger partial charge in [0.25, 0.3) is 5.92 Å². The van der Waals surface area contributed by atoms with Crippen molar-refractivity contribution in [1.29, 1.82) is 0 Å². The van der Waals surface area contributed by atoms with Crippen molar-refractivity contribution < 1.29 is 36.2 Å². The second kappa shape index (κ2) is 10.3. The molecule has 0 bridgehead atoms. The van der Waals surface area contributed by atoms with Crippen LogP contribution in [-0.2, 0) is 15.9 Å². The zero-order valence-corrected chi connectivity index (χ0v) is 17.1. The van der Waals surface area contributed by atoms with Crippen LogP contribution in [-0.4, -0.2) is 32.0 Å². The van der Waals surface area contributed by atoms with Crippen LogP contribution >= 0.6 is 0 Å². The third-order valence-corrected chi connectivity index (χ3v) is 6.10. The largest absolute Gasteiger partial charge is 0.432 e. The molecule has 170 valence electrons. The molecule has 2 aliphatic rings. The number of hydrogen-bond donors (Lipinski definition) is 0. The van der Waals surface area contributed by atoms with Crippen molar-refractivity contribution in [3.05, 3.63) is 29.6 Å². The van der Waals surface area contributed by atoms with E-state index in [2.05, 4.69) is 11.7 Å². The van der Waals surface area contributed by atoms with Gasteiger partial charge in [-0.05, 0) is 49.8 Å². The lowest BCUT2D eigenvalue weighted by Crippen LogP contribution is -2.41. The Labute approximate surface area is 173 Å². The van der Waals surface area contributed by atoms with Crippen LogP contribution in [0.2, 0.25) is 0 Å². The minimum Gasteiger partial charge on any atom is -0.432 e. The van der Waals surface area contributed by atoms with Crippen LogP contribution in [0.3, 0.4) is 0 Å². The maximum Gasteiger partial charge on any atom is 0.387 e. The molecule has 0 N–H and O–H groups in total. The van der Waals surface area contributed by atoms with Gasteiger partial charge < -0.3 is 14.2 Å². The quantitative estimate of drug-likeness (QED) is 0.454. The van der Waals surface area contributed by atoms with E-state index >= 15 is 0 Å². The van der Waals surface area contributed by atoms with Crippen LogP contribution in [0, 0.1) is 23.6 Å². The molecule has 0 amide bonds. The van der Waals surface area contributed by atoms with Crippen LogP contribution in [0.4, 0.5) is 22.0 Å². The monoisotopic (exact) mass is 436 g/mol. The Morgan fingerprint density at radius 3 is 2.33 bits per heavy atom. The summed E-state index contributed by atoms with van der Waals surface area (Å²) in [5.41, 5.74) is 0.0575. The first-order valence-corrected chi connectivity index (χ1v) is 10.6. The van der Waals surface area contributed by atoms with E-state index in [1.54, 1.807) is 0 Å². The minimum atomic E-state index is -3.17. The van der Waals surface area contributed by atoms with Gasteiger partial charge in [0.15, 0.2) is 17.9 Å². The zero-order valence-electron chi connectivity index (χ0n) is 17.1. The molecular weight excluding hydrogens is 407 g/mol. The molecule has 1 saturated heterocycles. The fourth-order valence-corrected chi connectivity index (χ4v) is 4.48. The molecule has 30 heavy (non-hydrogen) atoms. The number of rotatable bonds is 8. The van der Waals surface area contributed by atoms with E-state index in [-0.39, 0.29) is 17.8 Å². The molecular formula is C22H29F5O3. The van der Waals surface area contributed by atoms with E-state index < -0.39 is 36.4 Å². The summed E-state index contributed by atoms with van der Waals surface area (Å²) in [6, 6.07) is 3.01. The fourth-order valence-electron chi connectivity index (χ4n) is 4.48. The molecule has 1 aromatic rings. The summed E-state index contributed by atoms with van der Waals surface area (Å²) in [5.74, 6) is -5.02. The van der Waals surface area contributed by atoms with Crippen LogP contribution in [0.5, 0.6) is 5.75 Å². The molecule has 1 aliphatic heterocycles. The third kappa shape index (κ3) is 6.06. The second-order valence-corrected chi connectivity index (χ2v) is 8.38. The van der Waals surface area contributed by atoms with E-state index in [1.165, 1.54) is 6.07 Å². The van der Waals surface area contributed by atoms with Crippen molar-refractivity contribution >= 4 is 0 Å². The average molecular weight is 436 g/mol. The van der Waals surface area contributed by atoms with Crippen molar-refractivity contribution in [3.8, 4) is 5.75 Å². The van der Waals surface area contributed by atoms with Crippen molar-refractivity contribution in [2.45, 2.75) is 70.7 Å². The lowest BCUT2D eigenvalue weighted by atomic mass is 9.77. The highest BCUT2D eigenvalue weighted by Crippen LogP contribution is 2.42. The molecule has 2 fully saturated rings. The summed E-state index contributed by atoms with van der Waals surface area (Å²) >= 11 is 0. The number of ether oxygens (including phenoxy) is 3. The average Bonchev–Trinajstić information content (AvgIpc) is 2.70. The molecule has 1 heterocycles. The van der Waals surface area contributed by atoms with Crippen LogP contribution in [0.25, 0.3) is 0 Å². The summed E-state index contributed by atoms with van der Waals surface area (Å²) in [6.45, 7) is 0.265. The van der Waals surface area contributed by atoms with Gasteiger partial charge in [-0.25, -0.2) is 13.2 Å². The van der Waals surface area contributed by atoms with Crippen molar-refractivity contribution in [3.63, 3.8) is 0 Å². The lowest BCUT2D eigenvalue weighted by Gasteiger charge is -2.39. The highest BCUT2D eigenvalue weighted by atomic mass is 19.3. The molecule has 0 radical (unpaired) electrons. The number of halogens is 5. The van der Waals surface area contributed by atoms with E-state index in [0.29, 0.717) is 44.8 Å². The molecule has 0 spiro atoms. The van der Waals surface area contributed by atoms with Gasteiger partial charge in [-0.3, -0.25) is 0 Å². The maximum absolute atomic E-state index is 14.8. The van der Waals surface area contributed by atoms with E-state index in [1.807, 2.05) is 0 Å². The molecule has 3 nitrogen and oxygen atoms in total. The topological polar surface area (TPSA) is 27.7 Å². The maximum atomic E-state index is 14.8. The van der Waals surface area contributed by atoms with Crippen LogP contribution in [0.15, 0.2) is 18.2 Å². The Morgan fingerprint density at radius 2 is 1.77 bits per heavy atom. The summed E-state index contributed by atoms with van der Waals surface area (Å²) in [5, 5.41) is 0. The highest BCUT2D eigenvalue weighted by molar-refractivity contribution is 5.30. The third-order valence-electron chi connectivity index (χ3n) is 6.10. The predicted octanol–water partition coefficient (Wildman–Crippen LogP) is 6.20. The highest BCUT2D eigenvalue weighted by Gasteiger charge is 2.43. The molecule has 0 aromatic heterocycles. The van der Waals surface area contributed by atoms with Gasteiger partial charge in [0, 0.05) is 24.2 Å². The smallest absolute Gasteiger partial charge is 0.387 e. The Bertz CT molecular complexity index is 669. The fraction of sp³-hybridized carbons (Fsp3) is 0.727. The predicted molar refractivity (Wildman–Crippen MR) is 101 cm³/mol. The summed E-state index contributed by atoms with van der Waals surface area (Å²) in [6.07, 6.45) is 3.06. The Morgan fingerprint density at radius 1 is 1.10 bits per heavy atom. The number of alkyl halides is 4. The van der Waals surface area contributed by atoms with Crippen molar-refractivity contribution in [2.75, 3.05) is 13.2 Å². The van der Waals surface area contributed by atoms with Crippen LogP contribution in [0.1, 0.15) is 51.0 Å². The Balaban J connectivity index is 1.50. The Kier molecular flexibility index (Phi) is 7.96. The first-order chi connectivity index (χ1) is 14.3. The summed E-state index contributed by atoms with van der Waals surface area (Å²) < 4.78 is 83.5. The van der Waals surface area contributed by atoms with E-state index in [4.69, 9.17) is 9.47 Å². The van der Waals surface area contributed by atoms with Gasteiger partial charge in [0.1, 0.15) is 0 Å². The first kappa shape index (κ1) is 23.3. The first-order valence-electron chi connectivity index (χ1n) is 10.6. The van der Waals surface area contributed by atoms with Crippen molar-refractivity contribution in [2.24, 2.45) is 17.8 Å². The van der Waals surface area contributed by atoms with Gasteiger partial charge in [0.05, 0.1) is 13.2 Å². The molecule has 1 aromatic carbocycles.